The lowest BCUT2D eigenvalue weighted by atomic mass is 9.94. The van der Waals surface area contributed by atoms with Crippen LogP contribution in [0.1, 0.15) is 31.2 Å². The van der Waals surface area contributed by atoms with Crippen molar-refractivity contribution in [3.63, 3.8) is 0 Å². The third-order valence-corrected chi connectivity index (χ3v) is 4.86. The zero-order valence-electron chi connectivity index (χ0n) is 16.2. The van der Waals surface area contributed by atoms with Gasteiger partial charge in [0.15, 0.2) is 5.96 Å². The summed E-state index contributed by atoms with van der Waals surface area (Å²) in [4.78, 5) is 8.69. The van der Waals surface area contributed by atoms with E-state index in [9.17, 15) is 0 Å². The fourth-order valence-corrected chi connectivity index (χ4v) is 3.00. The van der Waals surface area contributed by atoms with E-state index in [1.165, 1.54) is 5.56 Å². The molecule has 1 heterocycles. The van der Waals surface area contributed by atoms with Gasteiger partial charge >= 0.3 is 0 Å². The molecule has 0 spiro atoms. The van der Waals surface area contributed by atoms with Crippen LogP contribution in [0.4, 0.5) is 0 Å². The maximum Gasteiger partial charge on any atom is 0.246 e. The van der Waals surface area contributed by atoms with Gasteiger partial charge in [0.2, 0.25) is 11.7 Å². The molecule has 2 N–H and O–H groups in total. The summed E-state index contributed by atoms with van der Waals surface area (Å²) in [5.74, 6) is 1.99. The van der Waals surface area contributed by atoms with Gasteiger partial charge in [0, 0.05) is 29.6 Å². The summed E-state index contributed by atoms with van der Waals surface area (Å²) in [6.45, 7) is 4.70. The Hall–Kier alpha value is -2.86. The van der Waals surface area contributed by atoms with Crippen LogP contribution in [-0.2, 0) is 6.54 Å². The summed E-state index contributed by atoms with van der Waals surface area (Å²) < 4.78 is 5.33. The van der Waals surface area contributed by atoms with Crippen molar-refractivity contribution >= 4 is 17.6 Å². The maximum absolute atomic E-state index is 6.02. The molecule has 0 aliphatic heterocycles. The first-order valence-corrected chi connectivity index (χ1v) is 9.55. The largest absolute Gasteiger partial charge is 0.353 e. The molecule has 146 valence electrons. The van der Waals surface area contributed by atoms with E-state index in [1.807, 2.05) is 18.2 Å². The third-order valence-electron chi connectivity index (χ3n) is 4.62. The molecule has 2 atom stereocenters. The molecule has 0 fully saturated rings. The van der Waals surface area contributed by atoms with Crippen LogP contribution >= 0.6 is 11.6 Å². The molecule has 1 aromatic heterocycles. The molecule has 0 saturated heterocycles. The quantitative estimate of drug-likeness (QED) is 0.480. The molecule has 3 rings (SSSR count). The monoisotopic (exact) mass is 397 g/mol. The Bertz CT molecular complexity index is 925. The van der Waals surface area contributed by atoms with Crippen LogP contribution in [0.15, 0.2) is 64.1 Å². The summed E-state index contributed by atoms with van der Waals surface area (Å²) in [6.07, 6.45) is 0. The first kappa shape index (κ1) is 19.9. The molecule has 7 heteroatoms. The van der Waals surface area contributed by atoms with Crippen LogP contribution in [0.5, 0.6) is 0 Å². The number of benzene rings is 2. The number of hydrogen-bond acceptors (Lipinski definition) is 4. The molecule has 3 aromatic rings. The van der Waals surface area contributed by atoms with Crippen molar-refractivity contribution in [1.82, 2.24) is 20.8 Å². The number of nitrogens with zero attached hydrogens (tertiary/aromatic N) is 3. The summed E-state index contributed by atoms with van der Waals surface area (Å²) in [5.41, 5.74) is 2.09. The van der Waals surface area contributed by atoms with Crippen molar-refractivity contribution in [3.8, 4) is 11.4 Å². The van der Waals surface area contributed by atoms with Gasteiger partial charge in [-0.15, -0.1) is 0 Å². The zero-order chi connectivity index (χ0) is 19.9. The molecule has 0 aliphatic carbocycles. The lowest BCUT2D eigenvalue weighted by Gasteiger charge is -2.23. The number of aromatic nitrogens is 2. The minimum absolute atomic E-state index is 0.193. The molecule has 0 saturated carbocycles. The molecular weight excluding hydrogens is 374 g/mol. The second kappa shape index (κ2) is 9.37. The highest BCUT2D eigenvalue weighted by atomic mass is 35.5. The number of nitrogens with one attached hydrogen (secondary N) is 2. The first-order valence-electron chi connectivity index (χ1n) is 9.17. The summed E-state index contributed by atoms with van der Waals surface area (Å²) in [7, 11) is 1.74. The number of halogens is 1. The lowest BCUT2D eigenvalue weighted by Crippen LogP contribution is -2.43. The standard InChI is InChI=1S/C21H24ClN5O/c1-14(16-8-5-4-6-9-16)15(2)25-21(23-3)24-13-19-26-20(27-28-19)17-10-7-11-18(22)12-17/h4-12,14-15H,13H2,1-3H3,(H2,23,24,25). The predicted molar refractivity (Wildman–Crippen MR) is 112 cm³/mol. The molecule has 0 bridgehead atoms. The van der Waals surface area contributed by atoms with E-state index in [0.717, 1.165) is 5.56 Å². The van der Waals surface area contributed by atoms with Crippen molar-refractivity contribution in [2.75, 3.05) is 7.05 Å². The highest BCUT2D eigenvalue weighted by Crippen LogP contribution is 2.20. The molecule has 0 radical (unpaired) electrons. The average Bonchev–Trinajstić information content (AvgIpc) is 3.20. The van der Waals surface area contributed by atoms with Crippen LogP contribution in [-0.4, -0.2) is 29.2 Å². The molecule has 0 aliphatic rings. The zero-order valence-corrected chi connectivity index (χ0v) is 16.9. The van der Waals surface area contributed by atoms with Gasteiger partial charge in [0.1, 0.15) is 0 Å². The van der Waals surface area contributed by atoms with E-state index in [-0.39, 0.29) is 6.04 Å². The minimum atomic E-state index is 0.193. The Kier molecular flexibility index (Phi) is 6.66. The van der Waals surface area contributed by atoms with E-state index in [1.54, 1.807) is 19.2 Å². The van der Waals surface area contributed by atoms with Gasteiger partial charge in [-0.3, -0.25) is 4.99 Å². The molecule has 0 amide bonds. The normalized spacial score (nSPS) is 13.8. The summed E-state index contributed by atoms with van der Waals surface area (Å²) >= 11 is 6.02. The Morgan fingerprint density at radius 3 is 2.64 bits per heavy atom. The van der Waals surface area contributed by atoms with Crippen molar-refractivity contribution in [2.45, 2.75) is 32.4 Å². The third kappa shape index (κ3) is 5.10. The number of hydrogen-bond donors (Lipinski definition) is 2. The fourth-order valence-electron chi connectivity index (χ4n) is 2.81. The maximum atomic E-state index is 6.02. The molecular formula is C21H24ClN5O. The van der Waals surface area contributed by atoms with Gasteiger partial charge in [-0.1, -0.05) is 66.1 Å². The van der Waals surface area contributed by atoms with Crippen molar-refractivity contribution in [2.24, 2.45) is 4.99 Å². The van der Waals surface area contributed by atoms with Gasteiger partial charge in [0.25, 0.3) is 0 Å². The summed E-state index contributed by atoms with van der Waals surface area (Å²) in [6, 6.07) is 17.9. The molecule has 28 heavy (non-hydrogen) atoms. The highest BCUT2D eigenvalue weighted by molar-refractivity contribution is 6.30. The lowest BCUT2D eigenvalue weighted by molar-refractivity contribution is 0.375. The number of guanidine groups is 1. The molecule has 2 aromatic carbocycles. The van der Waals surface area contributed by atoms with Crippen molar-refractivity contribution in [1.29, 1.82) is 0 Å². The average molecular weight is 398 g/mol. The van der Waals surface area contributed by atoms with Crippen LogP contribution in [0.3, 0.4) is 0 Å². The van der Waals surface area contributed by atoms with Crippen molar-refractivity contribution in [3.05, 3.63) is 71.1 Å². The Labute approximate surface area is 170 Å². The number of aliphatic imine (C=N–C) groups is 1. The van der Waals surface area contributed by atoms with Crippen LogP contribution in [0.2, 0.25) is 5.02 Å². The van der Waals surface area contributed by atoms with E-state index in [2.05, 4.69) is 63.9 Å². The van der Waals surface area contributed by atoms with E-state index < -0.39 is 0 Å². The Balaban J connectivity index is 1.57. The van der Waals surface area contributed by atoms with Crippen LogP contribution in [0, 0.1) is 0 Å². The Morgan fingerprint density at radius 1 is 1.14 bits per heavy atom. The van der Waals surface area contributed by atoms with Gasteiger partial charge < -0.3 is 15.2 Å². The first-order chi connectivity index (χ1) is 13.6. The molecule has 6 nitrogen and oxygen atoms in total. The Morgan fingerprint density at radius 2 is 1.93 bits per heavy atom. The van der Waals surface area contributed by atoms with Gasteiger partial charge in [-0.2, -0.15) is 4.98 Å². The van der Waals surface area contributed by atoms with Gasteiger partial charge in [-0.25, -0.2) is 0 Å². The summed E-state index contributed by atoms with van der Waals surface area (Å²) in [5, 5.41) is 11.3. The van der Waals surface area contributed by atoms with Crippen LogP contribution < -0.4 is 10.6 Å². The fraction of sp³-hybridized carbons (Fsp3) is 0.286. The van der Waals surface area contributed by atoms with Gasteiger partial charge in [-0.05, 0) is 24.6 Å². The van der Waals surface area contributed by atoms with Crippen molar-refractivity contribution < 1.29 is 4.52 Å². The predicted octanol–water partition coefficient (Wildman–Crippen LogP) is 4.25. The SMILES string of the molecule is CN=C(NCc1nc(-c2cccc(Cl)c2)no1)NC(C)C(C)c1ccccc1. The second-order valence-electron chi connectivity index (χ2n) is 6.58. The van der Waals surface area contributed by atoms with Gasteiger partial charge in [0.05, 0.1) is 6.54 Å². The molecule has 2 unspecified atom stereocenters. The van der Waals surface area contributed by atoms with E-state index in [0.29, 0.717) is 35.2 Å². The topological polar surface area (TPSA) is 75.3 Å². The smallest absolute Gasteiger partial charge is 0.246 e. The van der Waals surface area contributed by atoms with Crippen LogP contribution in [0.25, 0.3) is 11.4 Å². The number of rotatable bonds is 6. The van der Waals surface area contributed by atoms with E-state index in [4.69, 9.17) is 16.1 Å². The van der Waals surface area contributed by atoms with E-state index >= 15 is 0 Å². The second-order valence-corrected chi connectivity index (χ2v) is 7.02. The minimum Gasteiger partial charge on any atom is -0.353 e. The highest BCUT2D eigenvalue weighted by Gasteiger charge is 2.16.